The van der Waals surface area contributed by atoms with Gasteiger partial charge in [-0.3, -0.25) is 4.79 Å². The number of nitrogens with two attached hydrogens (primary N) is 1. The molecule has 102 valence electrons. The summed E-state index contributed by atoms with van der Waals surface area (Å²) in [6.45, 7) is 3.19. The molecular formula is C14H25N3O. The van der Waals surface area contributed by atoms with Crippen LogP contribution < -0.4 is 11.1 Å². The highest BCUT2D eigenvalue weighted by Gasteiger charge is 2.41. The molecular weight excluding hydrogens is 226 g/mol. The summed E-state index contributed by atoms with van der Waals surface area (Å²) in [6, 6.07) is 0.213. The molecule has 1 heterocycles. The lowest BCUT2D eigenvalue weighted by Gasteiger charge is -2.36. The van der Waals surface area contributed by atoms with E-state index in [2.05, 4.69) is 5.32 Å². The number of carbonyl (C=O) groups is 1. The molecule has 1 saturated heterocycles. The largest absolute Gasteiger partial charge is 0.336 e. The third-order valence-electron chi connectivity index (χ3n) is 5.26. The molecule has 3 rings (SSSR count). The van der Waals surface area contributed by atoms with Crippen molar-refractivity contribution in [3.63, 3.8) is 0 Å². The average molecular weight is 251 g/mol. The van der Waals surface area contributed by atoms with Crippen LogP contribution in [0, 0.1) is 17.8 Å². The molecule has 0 aromatic carbocycles. The predicted octanol–water partition coefficient (Wildman–Crippen LogP) is 0.572. The Balaban J connectivity index is 1.57. The van der Waals surface area contributed by atoms with E-state index in [0.717, 1.165) is 37.9 Å². The first-order valence-corrected chi connectivity index (χ1v) is 7.48. The third-order valence-corrected chi connectivity index (χ3v) is 5.26. The van der Waals surface area contributed by atoms with Crippen LogP contribution in [-0.2, 0) is 4.79 Å². The quantitative estimate of drug-likeness (QED) is 0.771. The third kappa shape index (κ3) is 2.28. The van der Waals surface area contributed by atoms with Crippen LogP contribution in [0.15, 0.2) is 0 Å². The van der Waals surface area contributed by atoms with Gasteiger partial charge in [0.25, 0.3) is 0 Å². The molecule has 3 N–H and O–H groups in total. The summed E-state index contributed by atoms with van der Waals surface area (Å²) in [5.74, 6) is 2.80. The van der Waals surface area contributed by atoms with Crippen LogP contribution in [0.1, 0.15) is 32.1 Å². The second-order valence-electron chi connectivity index (χ2n) is 6.32. The maximum absolute atomic E-state index is 12.4. The standard InChI is InChI=1S/C14H25N3O/c15-8-13-9-16-3-4-17(13)14(18)7-12-6-10-1-2-11(12)5-10/h10-13,16H,1-9,15H2. The summed E-state index contributed by atoms with van der Waals surface area (Å²) in [5.41, 5.74) is 5.77. The van der Waals surface area contributed by atoms with Crippen LogP contribution in [0.5, 0.6) is 0 Å². The van der Waals surface area contributed by atoms with Crippen molar-refractivity contribution in [2.75, 3.05) is 26.2 Å². The Kier molecular flexibility index (Phi) is 3.57. The number of nitrogens with zero attached hydrogens (tertiary/aromatic N) is 1. The molecule has 1 amide bonds. The van der Waals surface area contributed by atoms with Crippen LogP contribution in [0.25, 0.3) is 0 Å². The summed E-state index contributed by atoms with van der Waals surface area (Å²) < 4.78 is 0. The van der Waals surface area contributed by atoms with E-state index in [1.54, 1.807) is 0 Å². The molecule has 1 aliphatic heterocycles. The monoisotopic (exact) mass is 251 g/mol. The first-order chi connectivity index (χ1) is 8.78. The van der Waals surface area contributed by atoms with Crippen molar-refractivity contribution in [3.8, 4) is 0 Å². The van der Waals surface area contributed by atoms with E-state index in [1.807, 2.05) is 4.90 Å². The highest BCUT2D eigenvalue weighted by Crippen LogP contribution is 2.49. The fraction of sp³-hybridized carbons (Fsp3) is 0.929. The summed E-state index contributed by atoms with van der Waals surface area (Å²) >= 11 is 0. The molecule has 4 atom stereocenters. The molecule has 0 spiro atoms. The van der Waals surface area contributed by atoms with Gasteiger partial charge in [-0.05, 0) is 37.0 Å². The van der Waals surface area contributed by atoms with Crippen LogP contribution in [0.3, 0.4) is 0 Å². The van der Waals surface area contributed by atoms with Crippen molar-refractivity contribution in [3.05, 3.63) is 0 Å². The van der Waals surface area contributed by atoms with Gasteiger partial charge >= 0.3 is 0 Å². The van der Waals surface area contributed by atoms with Crippen LogP contribution in [0.4, 0.5) is 0 Å². The second-order valence-corrected chi connectivity index (χ2v) is 6.32. The molecule has 0 aromatic rings. The van der Waals surface area contributed by atoms with Crippen molar-refractivity contribution >= 4 is 5.91 Å². The van der Waals surface area contributed by atoms with Crippen molar-refractivity contribution in [1.82, 2.24) is 10.2 Å². The van der Waals surface area contributed by atoms with Crippen LogP contribution in [-0.4, -0.2) is 43.0 Å². The minimum absolute atomic E-state index is 0.213. The number of hydrogen-bond donors (Lipinski definition) is 2. The van der Waals surface area contributed by atoms with Gasteiger partial charge in [0.15, 0.2) is 0 Å². The van der Waals surface area contributed by atoms with Gasteiger partial charge < -0.3 is 16.0 Å². The Morgan fingerprint density at radius 1 is 1.33 bits per heavy atom. The maximum atomic E-state index is 12.4. The molecule has 4 heteroatoms. The number of piperazine rings is 1. The lowest BCUT2D eigenvalue weighted by atomic mass is 9.86. The van der Waals surface area contributed by atoms with E-state index in [4.69, 9.17) is 5.73 Å². The predicted molar refractivity (Wildman–Crippen MR) is 71.0 cm³/mol. The molecule has 18 heavy (non-hydrogen) atoms. The fourth-order valence-corrected chi connectivity index (χ4v) is 4.27. The molecule has 2 saturated carbocycles. The number of amides is 1. The molecule has 4 nitrogen and oxygen atoms in total. The van der Waals surface area contributed by atoms with Gasteiger partial charge in [-0.25, -0.2) is 0 Å². The Hall–Kier alpha value is -0.610. The molecule has 2 aliphatic carbocycles. The Bertz CT molecular complexity index is 320. The second kappa shape index (κ2) is 5.17. The summed E-state index contributed by atoms with van der Waals surface area (Å²) in [5, 5.41) is 3.32. The van der Waals surface area contributed by atoms with Gasteiger partial charge in [-0.2, -0.15) is 0 Å². The minimum Gasteiger partial charge on any atom is -0.336 e. The summed E-state index contributed by atoms with van der Waals surface area (Å²) in [4.78, 5) is 14.5. The zero-order valence-corrected chi connectivity index (χ0v) is 11.1. The lowest BCUT2D eigenvalue weighted by molar-refractivity contribution is -0.135. The molecule has 4 unspecified atom stereocenters. The van der Waals surface area contributed by atoms with Gasteiger partial charge in [0.1, 0.15) is 0 Å². The summed E-state index contributed by atoms with van der Waals surface area (Å²) in [6.07, 6.45) is 6.24. The number of carbonyl (C=O) groups excluding carboxylic acids is 1. The van der Waals surface area contributed by atoms with E-state index in [0.29, 0.717) is 18.4 Å². The molecule has 2 bridgehead atoms. The van der Waals surface area contributed by atoms with Gasteiger partial charge in [-0.15, -0.1) is 0 Å². The van der Waals surface area contributed by atoms with Gasteiger partial charge in [-0.1, -0.05) is 6.42 Å². The Labute approximate surface area is 109 Å². The topological polar surface area (TPSA) is 58.4 Å². The van der Waals surface area contributed by atoms with E-state index < -0.39 is 0 Å². The lowest BCUT2D eigenvalue weighted by Crippen LogP contribution is -2.56. The molecule has 3 aliphatic rings. The average Bonchev–Trinajstić information content (AvgIpc) is 3.01. The van der Waals surface area contributed by atoms with Crippen LogP contribution >= 0.6 is 0 Å². The smallest absolute Gasteiger partial charge is 0.223 e. The van der Waals surface area contributed by atoms with Gasteiger partial charge in [0.05, 0.1) is 6.04 Å². The van der Waals surface area contributed by atoms with E-state index >= 15 is 0 Å². The molecule has 0 aromatic heterocycles. The highest BCUT2D eigenvalue weighted by molar-refractivity contribution is 5.77. The van der Waals surface area contributed by atoms with Gasteiger partial charge in [0.2, 0.25) is 5.91 Å². The normalized spacial score (nSPS) is 39.3. The first kappa shape index (κ1) is 12.4. The highest BCUT2D eigenvalue weighted by atomic mass is 16.2. The number of nitrogens with one attached hydrogen (secondary N) is 1. The molecule has 0 radical (unpaired) electrons. The number of rotatable bonds is 3. The first-order valence-electron chi connectivity index (χ1n) is 7.48. The van der Waals surface area contributed by atoms with E-state index in [9.17, 15) is 4.79 Å². The van der Waals surface area contributed by atoms with Crippen LogP contribution in [0.2, 0.25) is 0 Å². The minimum atomic E-state index is 0.213. The van der Waals surface area contributed by atoms with E-state index in [1.165, 1.54) is 25.7 Å². The van der Waals surface area contributed by atoms with Crippen molar-refractivity contribution < 1.29 is 4.79 Å². The van der Waals surface area contributed by atoms with E-state index in [-0.39, 0.29) is 6.04 Å². The maximum Gasteiger partial charge on any atom is 0.223 e. The Morgan fingerprint density at radius 2 is 2.22 bits per heavy atom. The van der Waals surface area contributed by atoms with Crippen molar-refractivity contribution in [1.29, 1.82) is 0 Å². The number of fused-ring (bicyclic) bond motifs is 2. The van der Waals surface area contributed by atoms with Crippen molar-refractivity contribution in [2.45, 2.75) is 38.1 Å². The zero-order valence-electron chi connectivity index (χ0n) is 11.1. The fourth-order valence-electron chi connectivity index (χ4n) is 4.27. The van der Waals surface area contributed by atoms with Crippen molar-refractivity contribution in [2.24, 2.45) is 23.5 Å². The zero-order chi connectivity index (χ0) is 12.5. The number of hydrogen-bond acceptors (Lipinski definition) is 3. The Morgan fingerprint density at radius 3 is 2.89 bits per heavy atom. The SMILES string of the molecule is NCC1CNCCN1C(=O)CC1CC2CCC1C2. The summed E-state index contributed by atoms with van der Waals surface area (Å²) in [7, 11) is 0. The molecule has 3 fully saturated rings. The van der Waals surface area contributed by atoms with Gasteiger partial charge in [0, 0.05) is 32.6 Å².